The van der Waals surface area contributed by atoms with Gasteiger partial charge in [0.25, 0.3) is 0 Å². The minimum atomic E-state index is -0.0692. The Morgan fingerprint density at radius 2 is 1.62 bits per heavy atom. The van der Waals surface area contributed by atoms with Crippen molar-refractivity contribution in [2.75, 3.05) is 51.1 Å². The van der Waals surface area contributed by atoms with E-state index in [1.807, 2.05) is 12.1 Å². The van der Waals surface area contributed by atoms with Crippen molar-refractivity contribution in [3.8, 4) is 0 Å². The van der Waals surface area contributed by atoms with Gasteiger partial charge in [-0.05, 0) is 18.6 Å². The summed E-state index contributed by atoms with van der Waals surface area (Å²) in [5.74, 6) is 0.0197. The lowest BCUT2D eigenvalue weighted by molar-refractivity contribution is -0.123. The van der Waals surface area contributed by atoms with Crippen LogP contribution in [0, 0.1) is 0 Å². The molecule has 1 aromatic carbocycles. The van der Waals surface area contributed by atoms with Crippen LogP contribution in [0.15, 0.2) is 24.3 Å². The number of hydrogen-bond acceptors (Lipinski definition) is 4. The van der Waals surface area contributed by atoms with Crippen LogP contribution in [-0.2, 0) is 9.59 Å². The summed E-state index contributed by atoms with van der Waals surface area (Å²) in [6.07, 6.45) is 3.34. The Labute approximate surface area is 160 Å². The Morgan fingerprint density at radius 3 is 2.23 bits per heavy atom. The Hall–Kier alpha value is -1.63. The molecule has 1 aliphatic heterocycles. The lowest BCUT2D eigenvalue weighted by Gasteiger charge is -2.33. The summed E-state index contributed by atoms with van der Waals surface area (Å²) in [7, 11) is 0. The van der Waals surface area contributed by atoms with Gasteiger partial charge in [-0.15, -0.1) is 0 Å². The summed E-state index contributed by atoms with van der Waals surface area (Å²) < 4.78 is 0. The predicted molar refractivity (Wildman–Crippen MR) is 105 cm³/mol. The lowest BCUT2D eigenvalue weighted by atomic mass is 10.2. The Bertz CT molecular complexity index is 589. The third-order valence-corrected chi connectivity index (χ3v) is 4.78. The van der Waals surface area contributed by atoms with Crippen LogP contribution in [0.2, 0.25) is 5.02 Å². The van der Waals surface area contributed by atoms with E-state index in [0.29, 0.717) is 23.8 Å². The van der Waals surface area contributed by atoms with Crippen LogP contribution in [0.4, 0.5) is 5.69 Å². The van der Waals surface area contributed by atoms with Gasteiger partial charge in [-0.2, -0.15) is 0 Å². The molecule has 0 saturated carbocycles. The molecule has 1 aliphatic rings. The molecule has 0 unspecified atom stereocenters. The molecule has 0 atom stereocenters. The zero-order valence-corrected chi connectivity index (χ0v) is 16.2. The van der Waals surface area contributed by atoms with Gasteiger partial charge in [-0.1, -0.05) is 43.5 Å². The maximum absolute atomic E-state index is 12.2. The second-order valence-electron chi connectivity index (χ2n) is 6.64. The first-order valence-electron chi connectivity index (χ1n) is 9.34. The maximum atomic E-state index is 12.2. The monoisotopic (exact) mass is 380 g/mol. The number of hydrogen-bond donors (Lipinski definition) is 2. The van der Waals surface area contributed by atoms with Crippen molar-refractivity contribution in [1.29, 1.82) is 0 Å². The van der Waals surface area contributed by atoms with E-state index in [4.69, 9.17) is 11.6 Å². The third kappa shape index (κ3) is 7.32. The molecule has 0 bridgehead atoms. The summed E-state index contributed by atoms with van der Waals surface area (Å²) >= 11 is 6.06. The summed E-state index contributed by atoms with van der Waals surface area (Å²) in [6, 6.07) is 7.21. The number of piperazine rings is 1. The molecular weight excluding hydrogens is 352 g/mol. The van der Waals surface area contributed by atoms with Crippen LogP contribution in [0.5, 0.6) is 0 Å². The molecule has 26 heavy (non-hydrogen) atoms. The minimum Gasteiger partial charge on any atom is -0.355 e. The zero-order valence-electron chi connectivity index (χ0n) is 15.5. The van der Waals surface area contributed by atoms with Gasteiger partial charge in [0.1, 0.15) is 0 Å². The maximum Gasteiger partial charge on any atom is 0.238 e. The Kier molecular flexibility index (Phi) is 8.88. The first-order chi connectivity index (χ1) is 12.6. The molecule has 2 rings (SSSR count). The average Bonchev–Trinajstić information content (AvgIpc) is 2.62. The average molecular weight is 381 g/mol. The van der Waals surface area contributed by atoms with Gasteiger partial charge in [0.05, 0.1) is 23.8 Å². The molecule has 2 N–H and O–H groups in total. The first-order valence-corrected chi connectivity index (χ1v) is 9.72. The van der Waals surface area contributed by atoms with Gasteiger partial charge >= 0.3 is 0 Å². The number of nitrogens with one attached hydrogen (secondary N) is 2. The Balaban J connectivity index is 1.64. The molecule has 6 nitrogen and oxygen atoms in total. The number of halogens is 1. The second kappa shape index (κ2) is 11.2. The molecule has 1 fully saturated rings. The Morgan fingerprint density at radius 1 is 1.00 bits per heavy atom. The highest BCUT2D eigenvalue weighted by atomic mass is 35.5. The van der Waals surface area contributed by atoms with Crippen molar-refractivity contribution < 1.29 is 9.59 Å². The van der Waals surface area contributed by atoms with Crippen LogP contribution >= 0.6 is 11.6 Å². The highest BCUT2D eigenvalue weighted by molar-refractivity contribution is 6.33. The quantitative estimate of drug-likeness (QED) is 0.645. The van der Waals surface area contributed by atoms with Crippen LogP contribution in [0.3, 0.4) is 0 Å². The van der Waals surface area contributed by atoms with E-state index in [0.717, 1.165) is 52.0 Å². The van der Waals surface area contributed by atoms with Gasteiger partial charge in [-0.3, -0.25) is 19.4 Å². The van der Waals surface area contributed by atoms with E-state index in [1.165, 1.54) is 0 Å². The normalized spacial score (nSPS) is 15.6. The van der Waals surface area contributed by atoms with Crippen LogP contribution < -0.4 is 10.6 Å². The smallest absolute Gasteiger partial charge is 0.238 e. The number of anilines is 1. The number of amides is 2. The molecule has 7 heteroatoms. The van der Waals surface area contributed by atoms with Gasteiger partial charge in [0, 0.05) is 32.7 Å². The number of nitrogens with zero attached hydrogens (tertiary/aromatic N) is 2. The second-order valence-corrected chi connectivity index (χ2v) is 7.04. The fourth-order valence-corrected chi connectivity index (χ4v) is 3.11. The molecule has 1 saturated heterocycles. The van der Waals surface area contributed by atoms with Crippen LogP contribution in [0.25, 0.3) is 0 Å². The lowest BCUT2D eigenvalue weighted by Crippen LogP contribution is -2.51. The number of para-hydroxylation sites is 1. The largest absolute Gasteiger partial charge is 0.355 e. The van der Waals surface area contributed by atoms with Crippen molar-refractivity contribution in [2.24, 2.45) is 0 Å². The van der Waals surface area contributed by atoms with E-state index in [9.17, 15) is 9.59 Å². The van der Waals surface area contributed by atoms with Crippen LogP contribution in [-0.4, -0.2) is 67.4 Å². The van der Waals surface area contributed by atoms with E-state index in [1.54, 1.807) is 12.1 Å². The summed E-state index contributed by atoms with van der Waals surface area (Å²) in [4.78, 5) is 28.3. The first kappa shape index (κ1) is 20.7. The van der Waals surface area contributed by atoms with Crippen molar-refractivity contribution in [3.05, 3.63) is 29.3 Å². The number of unbranched alkanes of at least 4 members (excludes halogenated alkanes) is 2. The molecule has 0 aliphatic carbocycles. The summed E-state index contributed by atoms with van der Waals surface area (Å²) in [5.41, 5.74) is 0.637. The minimum absolute atomic E-state index is 0.0692. The third-order valence-electron chi connectivity index (χ3n) is 4.45. The van der Waals surface area contributed by atoms with Crippen molar-refractivity contribution in [1.82, 2.24) is 15.1 Å². The fraction of sp³-hybridized carbons (Fsp3) is 0.579. The highest BCUT2D eigenvalue weighted by Crippen LogP contribution is 2.20. The zero-order chi connectivity index (χ0) is 18.8. The van der Waals surface area contributed by atoms with Gasteiger partial charge in [0.2, 0.25) is 11.8 Å². The van der Waals surface area contributed by atoms with Crippen molar-refractivity contribution in [2.45, 2.75) is 26.2 Å². The number of rotatable bonds is 9. The SMILES string of the molecule is CCCCCNC(=O)CN1CCN(CC(=O)Nc2ccccc2Cl)CC1. The fourth-order valence-electron chi connectivity index (χ4n) is 2.92. The number of carbonyl (C=O) groups is 2. The molecule has 1 aromatic rings. The van der Waals surface area contributed by atoms with Gasteiger partial charge < -0.3 is 10.6 Å². The molecule has 1 heterocycles. The van der Waals surface area contributed by atoms with E-state index >= 15 is 0 Å². The number of carbonyl (C=O) groups excluding carboxylic acids is 2. The predicted octanol–water partition coefficient (Wildman–Crippen LogP) is 2.20. The number of benzene rings is 1. The van der Waals surface area contributed by atoms with Crippen molar-refractivity contribution in [3.63, 3.8) is 0 Å². The van der Waals surface area contributed by atoms with Crippen LogP contribution in [0.1, 0.15) is 26.2 Å². The van der Waals surface area contributed by atoms with E-state index in [-0.39, 0.29) is 11.8 Å². The van der Waals surface area contributed by atoms with Crippen molar-refractivity contribution >= 4 is 29.1 Å². The molecule has 144 valence electrons. The molecule has 0 spiro atoms. The highest BCUT2D eigenvalue weighted by Gasteiger charge is 2.20. The van der Waals surface area contributed by atoms with Gasteiger partial charge in [0.15, 0.2) is 0 Å². The molecule has 0 radical (unpaired) electrons. The topological polar surface area (TPSA) is 64.7 Å². The standard InChI is InChI=1S/C19H29ClN4O2/c1-2-3-6-9-21-18(25)14-23-10-12-24(13-11-23)15-19(26)22-17-8-5-4-7-16(17)20/h4-5,7-8H,2-3,6,9-15H2,1H3,(H,21,25)(H,22,26). The molecule has 0 aromatic heterocycles. The summed E-state index contributed by atoms with van der Waals surface area (Å²) in [6.45, 7) is 6.82. The van der Waals surface area contributed by atoms with Gasteiger partial charge in [-0.25, -0.2) is 0 Å². The van der Waals surface area contributed by atoms with E-state index in [2.05, 4.69) is 27.4 Å². The molecular formula is C19H29ClN4O2. The molecule has 2 amide bonds. The summed E-state index contributed by atoms with van der Waals surface area (Å²) in [5, 5.41) is 6.35. The van der Waals surface area contributed by atoms with E-state index < -0.39 is 0 Å².